The molecule has 1 saturated heterocycles. The van der Waals surface area contributed by atoms with Crippen LogP contribution in [0.25, 0.3) is 0 Å². The van der Waals surface area contributed by atoms with E-state index in [4.69, 9.17) is 0 Å². The Kier molecular flexibility index (Phi) is 3.58. The fraction of sp³-hybridized carbons (Fsp3) is 0.933. The van der Waals surface area contributed by atoms with Crippen LogP contribution in [0.1, 0.15) is 44.9 Å². The molecule has 2 aliphatic carbocycles. The average molecular weight is 296 g/mol. The van der Waals surface area contributed by atoms with Gasteiger partial charge in [-0.2, -0.15) is 5.26 Å². The van der Waals surface area contributed by atoms with Crippen molar-refractivity contribution in [1.82, 2.24) is 4.31 Å². The number of fused-ring (bicyclic) bond motifs is 2. The molecule has 3 fully saturated rings. The number of hydrogen-bond donors (Lipinski definition) is 0. The SMILES string of the molecule is CS(=O)(=O)N1CCCC(CC2(C#N)CC3CCC2C3)C1. The van der Waals surface area contributed by atoms with E-state index in [-0.39, 0.29) is 5.41 Å². The third kappa shape index (κ3) is 2.48. The van der Waals surface area contributed by atoms with E-state index in [1.54, 1.807) is 4.31 Å². The van der Waals surface area contributed by atoms with Gasteiger partial charge in [0.15, 0.2) is 0 Å². The summed E-state index contributed by atoms with van der Waals surface area (Å²) in [6.07, 6.45) is 9.03. The lowest BCUT2D eigenvalue weighted by Crippen LogP contribution is -2.41. The maximum absolute atomic E-state index is 11.7. The van der Waals surface area contributed by atoms with E-state index in [1.165, 1.54) is 25.5 Å². The van der Waals surface area contributed by atoms with E-state index in [2.05, 4.69) is 6.07 Å². The molecule has 0 aromatic carbocycles. The molecule has 112 valence electrons. The van der Waals surface area contributed by atoms with Crippen molar-refractivity contribution in [2.45, 2.75) is 44.9 Å². The van der Waals surface area contributed by atoms with Gasteiger partial charge in [-0.05, 0) is 56.3 Å². The van der Waals surface area contributed by atoms with Gasteiger partial charge in [0.25, 0.3) is 0 Å². The van der Waals surface area contributed by atoms with Crippen LogP contribution in [-0.4, -0.2) is 32.1 Å². The molecule has 0 N–H and O–H groups in total. The van der Waals surface area contributed by atoms with E-state index >= 15 is 0 Å². The zero-order valence-electron chi connectivity index (χ0n) is 12.2. The van der Waals surface area contributed by atoms with Gasteiger partial charge in [0.05, 0.1) is 17.7 Å². The minimum absolute atomic E-state index is 0.145. The summed E-state index contributed by atoms with van der Waals surface area (Å²) in [5, 5.41) is 9.71. The zero-order chi connectivity index (χ0) is 14.4. The fourth-order valence-electron chi connectivity index (χ4n) is 4.89. The Labute approximate surface area is 122 Å². The highest BCUT2D eigenvalue weighted by Gasteiger charge is 2.52. The van der Waals surface area contributed by atoms with Crippen LogP contribution in [0, 0.1) is 34.5 Å². The molecular weight excluding hydrogens is 272 g/mol. The first-order chi connectivity index (χ1) is 9.43. The zero-order valence-corrected chi connectivity index (χ0v) is 13.0. The van der Waals surface area contributed by atoms with Gasteiger partial charge >= 0.3 is 0 Å². The van der Waals surface area contributed by atoms with Crippen LogP contribution in [-0.2, 0) is 10.0 Å². The van der Waals surface area contributed by atoms with Crippen molar-refractivity contribution in [2.24, 2.45) is 23.2 Å². The number of hydrogen-bond acceptors (Lipinski definition) is 3. The Morgan fingerprint density at radius 2 is 2.15 bits per heavy atom. The lowest BCUT2D eigenvalue weighted by atomic mass is 9.68. The summed E-state index contributed by atoms with van der Waals surface area (Å²) >= 11 is 0. The molecule has 3 rings (SSSR count). The van der Waals surface area contributed by atoms with E-state index in [0.717, 1.165) is 31.6 Å². The second-order valence-corrected chi connectivity index (χ2v) is 9.16. The fourth-order valence-corrected chi connectivity index (χ4v) is 5.83. The van der Waals surface area contributed by atoms with Crippen LogP contribution >= 0.6 is 0 Å². The minimum Gasteiger partial charge on any atom is -0.213 e. The monoisotopic (exact) mass is 296 g/mol. The Morgan fingerprint density at radius 1 is 1.35 bits per heavy atom. The highest BCUT2D eigenvalue weighted by atomic mass is 32.2. The van der Waals surface area contributed by atoms with Crippen molar-refractivity contribution in [3.05, 3.63) is 0 Å². The van der Waals surface area contributed by atoms with E-state index < -0.39 is 10.0 Å². The third-order valence-electron chi connectivity index (χ3n) is 5.80. The molecule has 4 nitrogen and oxygen atoms in total. The average Bonchev–Trinajstić information content (AvgIpc) is 2.99. The molecular formula is C15H24N2O2S. The van der Waals surface area contributed by atoms with Crippen molar-refractivity contribution in [1.29, 1.82) is 5.26 Å². The summed E-state index contributed by atoms with van der Waals surface area (Å²) in [4.78, 5) is 0. The molecule has 20 heavy (non-hydrogen) atoms. The normalized spacial score (nSPS) is 41.7. The summed E-state index contributed by atoms with van der Waals surface area (Å²) in [6.45, 7) is 1.28. The summed E-state index contributed by atoms with van der Waals surface area (Å²) < 4.78 is 25.0. The lowest BCUT2D eigenvalue weighted by molar-refractivity contribution is 0.150. The van der Waals surface area contributed by atoms with Crippen molar-refractivity contribution >= 4 is 10.0 Å². The molecule has 0 radical (unpaired) electrons. The first-order valence-corrected chi connectivity index (χ1v) is 9.64. The molecule has 0 aromatic rings. The number of nitriles is 1. The van der Waals surface area contributed by atoms with Crippen LogP contribution in [0.4, 0.5) is 0 Å². The topological polar surface area (TPSA) is 61.2 Å². The summed E-state index contributed by atoms with van der Waals surface area (Å²) in [5.41, 5.74) is -0.145. The first kappa shape index (κ1) is 14.3. The summed E-state index contributed by atoms with van der Waals surface area (Å²) in [5.74, 6) is 1.71. The lowest BCUT2D eigenvalue weighted by Gasteiger charge is -2.38. The molecule has 2 saturated carbocycles. The predicted molar refractivity (Wildman–Crippen MR) is 77.3 cm³/mol. The van der Waals surface area contributed by atoms with Crippen LogP contribution in [0.2, 0.25) is 0 Å². The second-order valence-electron chi connectivity index (χ2n) is 7.18. The molecule has 4 unspecified atom stereocenters. The highest BCUT2D eigenvalue weighted by molar-refractivity contribution is 7.88. The summed E-state index contributed by atoms with van der Waals surface area (Å²) in [6, 6.07) is 2.64. The van der Waals surface area contributed by atoms with Crippen molar-refractivity contribution in [3.8, 4) is 6.07 Å². The molecule has 1 heterocycles. The second kappa shape index (κ2) is 4.99. The third-order valence-corrected chi connectivity index (χ3v) is 7.07. The van der Waals surface area contributed by atoms with E-state index in [9.17, 15) is 13.7 Å². The number of piperidine rings is 1. The smallest absolute Gasteiger partial charge is 0.211 e. The molecule has 0 amide bonds. The van der Waals surface area contributed by atoms with Gasteiger partial charge in [-0.25, -0.2) is 12.7 Å². The number of rotatable bonds is 3. The van der Waals surface area contributed by atoms with Gasteiger partial charge in [0.1, 0.15) is 0 Å². The van der Waals surface area contributed by atoms with Crippen molar-refractivity contribution in [3.63, 3.8) is 0 Å². The standard InChI is InChI=1S/C15H24N2O2S/c1-20(18,19)17-6-2-3-13(10-17)9-15(11-16)8-12-4-5-14(15)7-12/h12-14H,2-10H2,1H3. The Bertz CT molecular complexity index is 524. The summed E-state index contributed by atoms with van der Waals surface area (Å²) in [7, 11) is -3.08. The van der Waals surface area contributed by atoms with Crippen LogP contribution < -0.4 is 0 Å². The van der Waals surface area contributed by atoms with Gasteiger partial charge in [-0.15, -0.1) is 0 Å². The number of sulfonamides is 1. The minimum atomic E-state index is -3.08. The molecule has 0 spiro atoms. The molecule has 4 atom stereocenters. The Hall–Kier alpha value is -0.600. The van der Waals surface area contributed by atoms with E-state index in [0.29, 0.717) is 24.9 Å². The van der Waals surface area contributed by atoms with Gasteiger partial charge in [-0.3, -0.25) is 0 Å². The van der Waals surface area contributed by atoms with Gasteiger partial charge < -0.3 is 0 Å². The van der Waals surface area contributed by atoms with Gasteiger partial charge in [-0.1, -0.05) is 6.42 Å². The Morgan fingerprint density at radius 3 is 2.70 bits per heavy atom. The van der Waals surface area contributed by atoms with E-state index in [1.807, 2.05) is 0 Å². The van der Waals surface area contributed by atoms with Crippen molar-refractivity contribution in [2.75, 3.05) is 19.3 Å². The molecule has 3 aliphatic rings. The number of nitrogens with zero attached hydrogens (tertiary/aromatic N) is 2. The Balaban J connectivity index is 1.70. The largest absolute Gasteiger partial charge is 0.213 e. The highest BCUT2D eigenvalue weighted by Crippen LogP contribution is 2.58. The molecule has 5 heteroatoms. The quantitative estimate of drug-likeness (QED) is 0.803. The molecule has 2 bridgehead atoms. The van der Waals surface area contributed by atoms with Crippen LogP contribution in [0.5, 0.6) is 0 Å². The van der Waals surface area contributed by atoms with Gasteiger partial charge in [0, 0.05) is 13.1 Å². The van der Waals surface area contributed by atoms with Crippen LogP contribution in [0.15, 0.2) is 0 Å². The van der Waals surface area contributed by atoms with Crippen molar-refractivity contribution < 1.29 is 8.42 Å². The molecule has 0 aromatic heterocycles. The van der Waals surface area contributed by atoms with Crippen LogP contribution in [0.3, 0.4) is 0 Å². The maximum atomic E-state index is 11.7. The molecule has 1 aliphatic heterocycles. The maximum Gasteiger partial charge on any atom is 0.211 e. The van der Waals surface area contributed by atoms with Gasteiger partial charge in [0.2, 0.25) is 10.0 Å². The first-order valence-electron chi connectivity index (χ1n) is 7.79. The predicted octanol–water partition coefficient (Wildman–Crippen LogP) is 2.38.